The van der Waals surface area contributed by atoms with Crippen LogP contribution >= 0.6 is 0 Å². The predicted octanol–water partition coefficient (Wildman–Crippen LogP) is 1.34. The van der Waals surface area contributed by atoms with Gasteiger partial charge in [0.25, 0.3) is 5.91 Å². The first-order valence-electron chi connectivity index (χ1n) is 8.37. The molecule has 3 amide bonds. The van der Waals surface area contributed by atoms with E-state index in [9.17, 15) is 14.4 Å². The molecule has 1 aromatic rings. The summed E-state index contributed by atoms with van der Waals surface area (Å²) in [4.78, 5) is 37.8. The molecule has 7 nitrogen and oxygen atoms in total. The number of nitrogens with one attached hydrogen (secondary N) is 2. The highest BCUT2D eigenvalue weighted by atomic mass is 16.5. The fourth-order valence-electron chi connectivity index (χ4n) is 3.28. The Morgan fingerprint density at radius 1 is 1.15 bits per heavy atom. The molecule has 26 heavy (non-hydrogen) atoms. The highest BCUT2D eigenvalue weighted by Gasteiger charge is 2.40. The molecule has 1 saturated heterocycles. The second kappa shape index (κ2) is 6.51. The van der Waals surface area contributed by atoms with Crippen molar-refractivity contribution in [2.45, 2.75) is 25.4 Å². The van der Waals surface area contributed by atoms with E-state index in [1.54, 1.807) is 30.6 Å². The van der Waals surface area contributed by atoms with E-state index >= 15 is 0 Å². The van der Waals surface area contributed by atoms with Crippen LogP contribution in [0.2, 0.25) is 0 Å². The van der Waals surface area contributed by atoms with Crippen molar-refractivity contribution in [3.8, 4) is 5.75 Å². The van der Waals surface area contributed by atoms with Crippen LogP contribution in [0.3, 0.4) is 0 Å². The van der Waals surface area contributed by atoms with E-state index in [1.165, 1.54) is 4.90 Å². The van der Waals surface area contributed by atoms with Gasteiger partial charge in [-0.05, 0) is 30.7 Å². The third-order valence-corrected chi connectivity index (χ3v) is 4.56. The summed E-state index contributed by atoms with van der Waals surface area (Å²) in [6.07, 6.45) is 9.56. The van der Waals surface area contributed by atoms with Crippen LogP contribution in [0.5, 0.6) is 5.75 Å². The first-order chi connectivity index (χ1) is 12.6. The molecule has 0 aliphatic carbocycles. The monoisotopic (exact) mass is 351 g/mol. The number of benzene rings is 1. The Hall–Kier alpha value is -3.35. The Balaban J connectivity index is 1.59. The molecule has 132 valence electrons. The Morgan fingerprint density at radius 2 is 2.04 bits per heavy atom. The maximum absolute atomic E-state index is 12.8. The second-order valence-corrected chi connectivity index (χ2v) is 6.22. The van der Waals surface area contributed by atoms with Crippen LogP contribution < -0.4 is 15.4 Å². The Morgan fingerprint density at radius 3 is 2.88 bits per heavy atom. The van der Waals surface area contributed by atoms with Crippen molar-refractivity contribution in [1.82, 2.24) is 15.5 Å². The van der Waals surface area contributed by atoms with Crippen molar-refractivity contribution in [1.29, 1.82) is 0 Å². The number of nitrogens with zero attached hydrogens (tertiary/aromatic N) is 1. The number of hydrogen-bond donors (Lipinski definition) is 2. The molecule has 1 fully saturated rings. The van der Waals surface area contributed by atoms with Crippen molar-refractivity contribution in [2.75, 3.05) is 0 Å². The molecule has 0 radical (unpaired) electrons. The van der Waals surface area contributed by atoms with E-state index in [0.717, 1.165) is 5.56 Å². The zero-order valence-corrected chi connectivity index (χ0v) is 13.9. The summed E-state index contributed by atoms with van der Waals surface area (Å²) in [7, 11) is 0. The van der Waals surface area contributed by atoms with Crippen LogP contribution in [0.15, 0.2) is 54.6 Å². The lowest BCUT2D eigenvalue weighted by Gasteiger charge is -2.29. The van der Waals surface area contributed by atoms with Gasteiger partial charge in [-0.2, -0.15) is 0 Å². The second-order valence-electron chi connectivity index (χ2n) is 6.22. The molecule has 3 heterocycles. The normalized spacial score (nSPS) is 21.7. The minimum Gasteiger partial charge on any atom is -0.455 e. The lowest BCUT2D eigenvalue weighted by molar-refractivity contribution is -0.136. The zero-order chi connectivity index (χ0) is 18.1. The summed E-state index contributed by atoms with van der Waals surface area (Å²) in [5, 5.41) is 5.28. The largest absolute Gasteiger partial charge is 0.455 e. The van der Waals surface area contributed by atoms with Gasteiger partial charge in [0.15, 0.2) is 0 Å². The van der Waals surface area contributed by atoms with E-state index in [1.807, 2.05) is 18.2 Å². The molecule has 1 atom stereocenters. The third-order valence-electron chi connectivity index (χ3n) is 4.56. The molecule has 3 aliphatic rings. The van der Waals surface area contributed by atoms with Gasteiger partial charge in [-0.3, -0.25) is 19.7 Å². The number of imide groups is 1. The van der Waals surface area contributed by atoms with Gasteiger partial charge in [0, 0.05) is 29.9 Å². The highest BCUT2D eigenvalue weighted by Crippen LogP contribution is 2.34. The molecule has 1 unspecified atom stereocenters. The van der Waals surface area contributed by atoms with Crippen molar-refractivity contribution in [3.05, 3.63) is 65.7 Å². The Bertz CT molecular complexity index is 885. The van der Waals surface area contributed by atoms with Crippen molar-refractivity contribution < 1.29 is 19.1 Å². The van der Waals surface area contributed by atoms with E-state index in [0.29, 0.717) is 23.5 Å². The molecule has 0 spiro atoms. The van der Waals surface area contributed by atoms with Gasteiger partial charge in [-0.1, -0.05) is 12.1 Å². The number of ether oxygens (including phenoxy) is 1. The van der Waals surface area contributed by atoms with Gasteiger partial charge >= 0.3 is 0 Å². The first kappa shape index (κ1) is 16.1. The molecular weight excluding hydrogens is 334 g/mol. The smallest absolute Gasteiger partial charge is 0.255 e. The molecule has 7 heteroatoms. The maximum atomic E-state index is 12.8. The van der Waals surface area contributed by atoms with Gasteiger partial charge in [-0.15, -0.1) is 0 Å². The molecular formula is C19H17N3O4. The van der Waals surface area contributed by atoms with Crippen LogP contribution in [-0.4, -0.2) is 28.7 Å². The Labute approximate surface area is 150 Å². The fourth-order valence-corrected chi connectivity index (χ4v) is 3.28. The number of carbonyl (C=O) groups is 3. The average Bonchev–Trinajstić information content (AvgIpc) is 2.80. The summed E-state index contributed by atoms with van der Waals surface area (Å²) >= 11 is 0. The lowest BCUT2D eigenvalue weighted by Crippen LogP contribution is -2.52. The van der Waals surface area contributed by atoms with Crippen LogP contribution in [0.4, 0.5) is 0 Å². The van der Waals surface area contributed by atoms with Gasteiger partial charge in [0.05, 0.1) is 6.54 Å². The summed E-state index contributed by atoms with van der Waals surface area (Å²) in [5.74, 6) is 0.243. The van der Waals surface area contributed by atoms with Gasteiger partial charge in [-0.25, -0.2) is 0 Å². The standard InChI is InChI=1S/C19H17N3O4/c23-17-8-7-15(18(24)21-17)22-11-14-13(19(22)25)5-3-6-16(14)26-12-4-1-2-9-20-10-12/h1-6,9-10,15,20H,7-8,11H2,(H,21,23,24). The molecule has 3 aliphatic heterocycles. The number of amides is 3. The van der Waals surface area contributed by atoms with Crippen LogP contribution in [0.1, 0.15) is 28.8 Å². The van der Waals surface area contributed by atoms with E-state index in [2.05, 4.69) is 10.6 Å². The lowest BCUT2D eigenvalue weighted by atomic mass is 10.0. The Kier molecular flexibility index (Phi) is 4.04. The number of fused-ring (bicyclic) bond motifs is 1. The molecule has 0 bridgehead atoms. The van der Waals surface area contributed by atoms with Crippen molar-refractivity contribution in [3.63, 3.8) is 0 Å². The van der Waals surface area contributed by atoms with E-state index < -0.39 is 11.9 Å². The van der Waals surface area contributed by atoms with Crippen LogP contribution in [0.25, 0.3) is 0 Å². The molecule has 0 aromatic heterocycles. The number of allylic oxidation sites excluding steroid dienone is 3. The molecule has 4 rings (SSSR count). The number of hydrogen-bond acceptors (Lipinski definition) is 5. The van der Waals surface area contributed by atoms with Crippen LogP contribution in [0, 0.1) is 0 Å². The van der Waals surface area contributed by atoms with E-state index in [-0.39, 0.29) is 24.8 Å². The minimum atomic E-state index is -0.636. The summed E-state index contributed by atoms with van der Waals surface area (Å²) in [5.41, 5.74) is 1.27. The summed E-state index contributed by atoms with van der Waals surface area (Å²) in [6, 6.07) is 4.65. The number of carbonyl (C=O) groups excluding carboxylic acids is 3. The number of piperidine rings is 1. The maximum Gasteiger partial charge on any atom is 0.255 e. The zero-order valence-electron chi connectivity index (χ0n) is 13.9. The van der Waals surface area contributed by atoms with E-state index in [4.69, 9.17) is 4.74 Å². The number of rotatable bonds is 3. The third kappa shape index (κ3) is 2.88. The average molecular weight is 351 g/mol. The van der Waals surface area contributed by atoms with Crippen LogP contribution in [-0.2, 0) is 16.1 Å². The van der Waals surface area contributed by atoms with Gasteiger partial charge in [0.2, 0.25) is 11.8 Å². The fraction of sp³-hybridized carbons (Fsp3) is 0.211. The molecule has 1 aromatic carbocycles. The first-order valence-corrected chi connectivity index (χ1v) is 8.37. The van der Waals surface area contributed by atoms with Crippen molar-refractivity contribution >= 4 is 17.7 Å². The predicted molar refractivity (Wildman–Crippen MR) is 92.6 cm³/mol. The van der Waals surface area contributed by atoms with Gasteiger partial charge < -0.3 is 15.0 Å². The SMILES string of the molecule is O=C1CCC(N2Cc3c(OC4=CNC=CC=C4)cccc3C2=O)C(=O)N1. The minimum absolute atomic E-state index is 0.217. The quantitative estimate of drug-likeness (QED) is 0.803. The molecule has 0 saturated carbocycles. The van der Waals surface area contributed by atoms with Crippen molar-refractivity contribution in [2.24, 2.45) is 0 Å². The summed E-state index contributed by atoms with van der Waals surface area (Å²) in [6.45, 7) is 0.277. The van der Waals surface area contributed by atoms with Gasteiger partial charge in [0.1, 0.15) is 17.6 Å². The summed E-state index contributed by atoms with van der Waals surface area (Å²) < 4.78 is 5.94. The topological polar surface area (TPSA) is 87.7 Å². The highest BCUT2D eigenvalue weighted by molar-refractivity contribution is 6.05. The molecule has 2 N–H and O–H groups in total.